The van der Waals surface area contributed by atoms with Crippen molar-refractivity contribution in [2.75, 3.05) is 43.3 Å². The average Bonchev–Trinajstić information content (AvgIpc) is 3.25. The van der Waals surface area contributed by atoms with Crippen LogP contribution in [-0.2, 0) is 19.1 Å². The molecule has 0 radical (unpaired) electrons. The van der Waals surface area contributed by atoms with Crippen molar-refractivity contribution >= 4 is 52.0 Å². The van der Waals surface area contributed by atoms with Crippen molar-refractivity contribution in [1.82, 2.24) is 4.90 Å². The van der Waals surface area contributed by atoms with E-state index in [1.807, 2.05) is 30.3 Å². The molecular formula is C29H28N4O5. The first-order valence-corrected chi connectivity index (χ1v) is 11.9. The molecular weight excluding hydrogens is 484 g/mol. The molecule has 0 aromatic heterocycles. The van der Waals surface area contributed by atoms with Crippen LogP contribution in [0.15, 0.2) is 72.8 Å². The number of nitrogens with zero attached hydrogens (tertiary/aromatic N) is 2. The van der Waals surface area contributed by atoms with E-state index in [0.29, 0.717) is 39.5 Å². The minimum Gasteiger partial charge on any atom is -0.465 e. The van der Waals surface area contributed by atoms with Gasteiger partial charge in [-0.2, -0.15) is 0 Å². The number of fused-ring (bicyclic) bond motifs is 1. The second kappa shape index (κ2) is 11.0. The molecule has 0 bridgehead atoms. The average molecular weight is 513 g/mol. The molecule has 1 aliphatic heterocycles. The van der Waals surface area contributed by atoms with Crippen molar-refractivity contribution in [2.45, 2.75) is 6.92 Å². The van der Waals surface area contributed by atoms with Gasteiger partial charge in [0.15, 0.2) is 0 Å². The smallest absolute Gasteiger partial charge is 0.337 e. The second-order valence-corrected chi connectivity index (χ2v) is 8.89. The Bertz CT molecular complexity index is 1430. The minimum atomic E-state index is -0.493. The zero-order chi connectivity index (χ0) is 27.4. The molecule has 1 aliphatic rings. The van der Waals surface area contributed by atoms with Crippen LogP contribution in [0.25, 0.3) is 11.3 Å². The second-order valence-electron chi connectivity index (χ2n) is 8.89. The number of amides is 3. The zero-order valence-corrected chi connectivity index (χ0v) is 21.6. The van der Waals surface area contributed by atoms with Crippen molar-refractivity contribution in [3.05, 3.63) is 89.5 Å². The largest absolute Gasteiger partial charge is 0.465 e. The molecule has 3 amide bonds. The normalized spacial score (nSPS) is 13.2. The molecule has 3 aromatic rings. The van der Waals surface area contributed by atoms with Crippen LogP contribution in [0.5, 0.6) is 0 Å². The van der Waals surface area contributed by atoms with E-state index < -0.39 is 5.97 Å². The van der Waals surface area contributed by atoms with Gasteiger partial charge in [0, 0.05) is 38.0 Å². The Morgan fingerprint density at radius 1 is 0.921 bits per heavy atom. The maximum Gasteiger partial charge on any atom is 0.337 e. The van der Waals surface area contributed by atoms with Gasteiger partial charge < -0.3 is 25.2 Å². The number of rotatable bonds is 7. The standard InChI is InChI=1S/C29H28N4O5/c1-18(34)33(17-25(35)32(2)3)22-13-11-21(12-14-22)30-27(19-8-6-5-7-9-19)26-23-15-10-20(29(37)38-4)16-24(23)31-28(26)36/h5-16,30H,17H2,1-4H3,(H,31,36)/b27-26+. The van der Waals surface area contributed by atoms with Gasteiger partial charge in [-0.25, -0.2) is 4.79 Å². The van der Waals surface area contributed by atoms with Crippen molar-refractivity contribution < 1.29 is 23.9 Å². The number of carbonyl (C=O) groups excluding carboxylic acids is 4. The number of anilines is 3. The highest BCUT2D eigenvalue weighted by Gasteiger charge is 2.29. The van der Waals surface area contributed by atoms with Crippen molar-refractivity contribution in [3.8, 4) is 0 Å². The third-order valence-electron chi connectivity index (χ3n) is 6.12. The van der Waals surface area contributed by atoms with E-state index in [-0.39, 0.29) is 24.3 Å². The number of ether oxygens (including phenoxy) is 1. The quantitative estimate of drug-likeness (QED) is 0.368. The van der Waals surface area contributed by atoms with Crippen LogP contribution in [0, 0.1) is 0 Å². The lowest BCUT2D eigenvalue weighted by molar-refractivity contribution is -0.129. The summed E-state index contributed by atoms with van der Waals surface area (Å²) < 4.78 is 4.80. The number of methoxy groups -OCH3 is 1. The van der Waals surface area contributed by atoms with Gasteiger partial charge >= 0.3 is 5.97 Å². The van der Waals surface area contributed by atoms with Gasteiger partial charge in [-0.3, -0.25) is 14.4 Å². The Balaban J connectivity index is 1.72. The first-order chi connectivity index (χ1) is 18.2. The molecule has 1 heterocycles. The highest BCUT2D eigenvalue weighted by atomic mass is 16.5. The minimum absolute atomic E-state index is 0.0705. The lowest BCUT2D eigenvalue weighted by Crippen LogP contribution is -2.39. The summed E-state index contributed by atoms with van der Waals surface area (Å²) in [5, 5.41) is 6.20. The Hall–Kier alpha value is -4.92. The van der Waals surface area contributed by atoms with Crippen LogP contribution in [0.2, 0.25) is 0 Å². The van der Waals surface area contributed by atoms with Crippen LogP contribution in [-0.4, -0.2) is 56.3 Å². The Labute approximate surface area is 220 Å². The molecule has 4 rings (SSSR count). The first kappa shape index (κ1) is 26.2. The zero-order valence-electron chi connectivity index (χ0n) is 21.6. The summed E-state index contributed by atoms with van der Waals surface area (Å²) >= 11 is 0. The molecule has 38 heavy (non-hydrogen) atoms. The molecule has 194 valence electrons. The maximum atomic E-state index is 13.2. The lowest BCUT2D eigenvalue weighted by Gasteiger charge is -2.23. The topological polar surface area (TPSA) is 108 Å². The van der Waals surface area contributed by atoms with E-state index in [0.717, 1.165) is 5.56 Å². The van der Waals surface area contributed by atoms with Gasteiger partial charge in [-0.15, -0.1) is 0 Å². The Morgan fingerprint density at radius 3 is 2.21 bits per heavy atom. The summed E-state index contributed by atoms with van der Waals surface area (Å²) in [6.45, 7) is 1.34. The summed E-state index contributed by atoms with van der Waals surface area (Å²) in [7, 11) is 4.58. The van der Waals surface area contributed by atoms with E-state index in [2.05, 4.69) is 10.6 Å². The molecule has 0 fully saturated rings. The van der Waals surface area contributed by atoms with Crippen LogP contribution >= 0.6 is 0 Å². The number of benzene rings is 3. The highest BCUT2D eigenvalue weighted by Crippen LogP contribution is 2.38. The fraction of sp³-hybridized carbons (Fsp3) is 0.172. The SMILES string of the molecule is COC(=O)c1ccc2c(c1)NC(=O)/C2=C(/Nc1ccc(N(CC(=O)N(C)C)C(C)=O)cc1)c1ccccc1. The first-order valence-electron chi connectivity index (χ1n) is 11.9. The molecule has 3 aromatic carbocycles. The third-order valence-corrected chi connectivity index (χ3v) is 6.12. The van der Waals surface area contributed by atoms with Crippen molar-refractivity contribution in [1.29, 1.82) is 0 Å². The number of carbonyl (C=O) groups is 4. The summed E-state index contributed by atoms with van der Waals surface area (Å²) in [6.07, 6.45) is 0. The molecule has 0 atom stereocenters. The third kappa shape index (κ3) is 5.41. The molecule has 9 nitrogen and oxygen atoms in total. The fourth-order valence-corrected chi connectivity index (χ4v) is 4.08. The number of hydrogen-bond acceptors (Lipinski definition) is 6. The summed E-state index contributed by atoms with van der Waals surface area (Å²) in [4.78, 5) is 52.4. The van der Waals surface area contributed by atoms with E-state index in [9.17, 15) is 19.2 Å². The van der Waals surface area contributed by atoms with Gasteiger partial charge in [0.25, 0.3) is 5.91 Å². The fourth-order valence-electron chi connectivity index (χ4n) is 4.08. The summed E-state index contributed by atoms with van der Waals surface area (Å²) in [6, 6.07) is 21.4. The van der Waals surface area contributed by atoms with Gasteiger partial charge in [0.2, 0.25) is 11.8 Å². The number of hydrogen-bond donors (Lipinski definition) is 2. The van der Waals surface area contributed by atoms with E-state index >= 15 is 0 Å². The predicted octanol–water partition coefficient (Wildman–Crippen LogP) is 3.85. The maximum absolute atomic E-state index is 13.2. The molecule has 0 unspecified atom stereocenters. The van der Waals surface area contributed by atoms with Gasteiger partial charge in [-0.05, 0) is 42.0 Å². The number of nitrogens with one attached hydrogen (secondary N) is 2. The van der Waals surface area contributed by atoms with Gasteiger partial charge in [-0.1, -0.05) is 36.4 Å². The Kier molecular flexibility index (Phi) is 7.57. The molecule has 0 saturated heterocycles. The lowest BCUT2D eigenvalue weighted by atomic mass is 9.99. The van der Waals surface area contributed by atoms with Crippen LogP contribution < -0.4 is 15.5 Å². The monoisotopic (exact) mass is 512 g/mol. The van der Waals surface area contributed by atoms with Crippen molar-refractivity contribution in [2.24, 2.45) is 0 Å². The number of esters is 1. The van der Waals surface area contributed by atoms with Crippen molar-refractivity contribution in [3.63, 3.8) is 0 Å². The van der Waals surface area contributed by atoms with E-state index in [1.54, 1.807) is 56.6 Å². The van der Waals surface area contributed by atoms with Gasteiger partial charge in [0.05, 0.1) is 29.6 Å². The Morgan fingerprint density at radius 2 is 1.61 bits per heavy atom. The van der Waals surface area contributed by atoms with Crippen LogP contribution in [0.3, 0.4) is 0 Å². The summed E-state index contributed by atoms with van der Waals surface area (Å²) in [5.41, 5.74) is 4.53. The van der Waals surface area contributed by atoms with Crippen LogP contribution in [0.4, 0.5) is 17.1 Å². The molecule has 0 aliphatic carbocycles. The molecule has 9 heteroatoms. The molecule has 2 N–H and O–H groups in total. The predicted molar refractivity (Wildman–Crippen MR) is 146 cm³/mol. The van der Waals surface area contributed by atoms with Crippen LogP contribution in [0.1, 0.15) is 28.4 Å². The highest BCUT2D eigenvalue weighted by molar-refractivity contribution is 6.37. The molecule has 0 spiro atoms. The van der Waals surface area contributed by atoms with E-state index in [1.165, 1.54) is 23.8 Å². The van der Waals surface area contributed by atoms with E-state index in [4.69, 9.17) is 4.74 Å². The molecule has 0 saturated carbocycles. The van der Waals surface area contributed by atoms with Gasteiger partial charge in [0.1, 0.15) is 6.54 Å². The summed E-state index contributed by atoms with van der Waals surface area (Å²) in [5.74, 6) is -1.25. The number of likely N-dealkylation sites (N-methyl/N-ethyl adjacent to an activating group) is 1.